The molecular formula is C24H34O4SSi. The van der Waals surface area contributed by atoms with Crippen LogP contribution in [0.1, 0.15) is 34.1 Å². The van der Waals surface area contributed by atoms with Gasteiger partial charge in [-0.2, -0.15) is 8.42 Å². The predicted octanol–water partition coefficient (Wildman–Crippen LogP) is 4.12. The van der Waals surface area contributed by atoms with Crippen molar-refractivity contribution in [3.05, 3.63) is 73.3 Å². The van der Waals surface area contributed by atoms with Gasteiger partial charge in [-0.05, 0) is 28.8 Å². The van der Waals surface area contributed by atoms with Gasteiger partial charge in [-0.3, -0.25) is 4.18 Å². The highest BCUT2D eigenvalue weighted by Gasteiger charge is 2.50. The zero-order valence-corrected chi connectivity index (χ0v) is 20.5. The third-order valence-electron chi connectivity index (χ3n) is 5.24. The average Bonchev–Trinajstić information content (AvgIpc) is 2.66. The summed E-state index contributed by atoms with van der Waals surface area (Å²) in [5, 5.41) is 2.31. The maximum absolute atomic E-state index is 11.5. The second-order valence-electron chi connectivity index (χ2n) is 8.82. The Morgan fingerprint density at radius 3 is 1.83 bits per heavy atom. The maximum atomic E-state index is 11.5. The summed E-state index contributed by atoms with van der Waals surface area (Å²) in [6.45, 7) is 12.9. The van der Waals surface area contributed by atoms with Crippen LogP contribution in [-0.2, 0) is 18.7 Å². The number of hydrogen-bond acceptors (Lipinski definition) is 4. The molecule has 0 fully saturated rings. The summed E-state index contributed by atoms with van der Waals surface area (Å²) in [6, 6.07) is 20.9. The van der Waals surface area contributed by atoms with Crippen molar-refractivity contribution < 1.29 is 17.0 Å². The molecule has 2 atom stereocenters. The molecule has 0 aliphatic rings. The van der Waals surface area contributed by atoms with Crippen LogP contribution in [0.2, 0.25) is 5.04 Å². The molecule has 0 saturated heterocycles. The monoisotopic (exact) mass is 446 g/mol. The number of benzene rings is 2. The Balaban J connectivity index is 2.39. The van der Waals surface area contributed by atoms with E-state index in [0.717, 1.165) is 6.26 Å². The first-order valence-corrected chi connectivity index (χ1v) is 14.0. The third-order valence-corrected chi connectivity index (χ3v) is 10.9. The van der Waals surface area contributed by atoms with Crippen molar-refractivity contribution >= 4 is 28.8 Å². The minimum atomic E-state index is -3.50. The van der Waals surface area contributed by atoms with Crippen molar-refractivity contribution in [1.82, 2.24) is 0 Å². The molecule has 0 N–H and O–H groups in total. The molecule has 0 spiro atoms. The molecule has 0 unspecified atom stereocenters. The maximum Gasteiger partial charge on any atom is 0.264 e. The van der Waals surface area contributed by atoms with Crippen LogP contribution in [0.5, 0.6) is 0 Å². The number of hydrogen-bond donors (Lipinski definition) is 0. The van der Waals surface area contributed by atoms with E-state index >= 15 is 0 Å². The summed E-state index contributed by atoms with van der Waals surface area (Å²) >= 11 is 0. The van der Waals surface area contributed by atoms with Gasteiger partial charge in [0, 0.05) is 12.5 Å². The van der Waals surface area contributed by atoms with Gasteiger partial charge >= 0.3 is 0 Å². The summed E-state index contributed by atoms with van der Waals surface area (Å²) in [5.41, 5.74) is 0. The molecule has 0 aliphatic heterocycles. The van der Waals surface area contributed by atoms with Crippen LogP contribution in [0.15, 0.2) is 73.3 Å². The molecule has 0 aromatic heterocycles. The summed E-state index contributed by atoms with van der Waals surface area (Å²) in [7, 11) is -6.13. The highest BCUT2D eigenvalue weighted by molar-refractivity contribution is 7.86. The van der Waals surface area contributed by atoms with Crippen molar-refractivity contribution in [3.63, 3.8) is 0 Å². The van der Waals surface area contributed by atoms with Gasteiger partial charge in [-0.25, -0.2) is 0 Å². The van der Waals surface area contributed by atoms with Gasteiger partial charge in [0.25, 0.3) is 18.4 Å². The summed E-state index contributed by atoms with van der Waals surface area (Å²) in [5.74, 6) is -0.0246. The lowest BCUT2D eigenvalue weighted by molar-refractivity contribution is 0.174. The van der Waals surface area contributed by atoms with Crippen LogP contribution in [0.3, 0.4) is 0 Å². The zero-order chi connectivity index (χ0) is 22.4. The van der Waals surface area contributed by atoms with E-state index in [0.29, 0.717) is 13.0 Å². The van der Waals surface area contributed by atoms with E-state index in [2.05, 4.69) is 75.9 Å². The van der Waals surface area contributed by atoms with Crippen molar-refractivity contribution in [3.8, 4) is 0 Å². The molecule has 0 radical (unpaired) electrons. The Morgan fingerprint density at radius 2 is 1.47 bits per heavy atom. The molecule has 0 saturated carbocycles. The fourth-order valence-electron chi connectivity index (χ4n) is 3.99. The fraction of sp³-hybridized carbons (Fsp3) is 0.417. The zero-order valence-electron chi connectivity index (χ0n) is 18.7. The topological polar surface area (TPSA) is 52.6 Å². The van der Waals surface area contributed by atoms with Crippen LogP contribution >= 0.6 is 0 Å². The predicted molar refractivity (Wildman–Crippen MR) is 127 cm³/mol. The largest absolute Gasteiger partial charge is 0.407 e. The van der Waals surface area contributed by atoms with Crippen LogP contribution in [-0.4, -0.2) is 35.7 Å². The van der Waals surface area contributed by atoms with Gasteiger partial charge in [-0.15, -0.1) is 6.58 Å². The normalized spacial score (nSPS) is 14.8. The van der Waals surface area contributed by atoms with Crippen LogP contribution in [0.4, 0.5) is 0 Å². The average molecular weight is 447 g/mol. The smallest absolute Gasteiger partial charge is 0.264 e. The first kappa shape index (κ1) is 24.5. The number of rotatable bonds is 10. The molecule has 4 nitrogen and oxygen atoms in total. The molecule has 0 amide bonds. The Labute approximate surface area is 183 Å². The van der Waals surface area contributed by atoms with Crippen LogP contribution < -0.4 is 10.4 Å². The van der Waals surface area contributed by atoms with E-state index in [1.165, 1.54) is 10.4 Å². The van der Waals surface area contributed by atoms with Gasteiger partial charge in [0.2, 0.25) is 0 Å². The molecule has 30 heavy (non-hydrogen) atoms. The van der Waals surface area contributed by atoms with Crippen molar-refractivity contribution in [2.45, 2.75) is 45.3 Å². The van der Waals surface area contributed by atoms with E-state index in [1.807, 2.05) is 18.2 Å². The van der Waals surface area contributed by atoms with Crippen molar-refractivity contribution in [2.24, 2.45) is 5.92 Å². The van der Waals surface area contributed by atoms with Gasteiger partial charge in [-0.1, -0.05) is 87.5 Å². The van der Waals surface area contributed by atoms with Crippen molar-refractivity contribution in [2.75, 3.05) is 12.9 Å². The van der Waals surface area contributed by atoms with E-state index < -0.39 is 24.5 Å². The second-order valence-corrected chi connectivity index (χ2v) is 14.7. The molecule has 2 rings (SSSR count). The third kappa shape index (κ3) is 6.14. The first-order valence-electron chi connectivity index (χ1n) is 10.3. The quantitative estimate of drug-likeness (QED) is 0.313. The Kier molecular flexibility index (Phi) is 8.22. The molecule has 0 bridgehead atoms. The van der Waals surface area contributed by atoms with Crippen molar-refractivity contribution in [1.29, 1.82) is 0 Å². The van der Waals surface area contributed by atoms with E-state index in [4.69, 9.17) is 8.61 Å². The van der Waals surface area contributed by atoms with E-state index in [1.54, 1.807) is 6.92 Å². The summed E-state index contributed by atoms with van der Waals surface area (Å²) < 4.78 is 34.9. The first-order chi connectivity index (χ1) is 14.0. The minimum Gasteiger partial charge on any atom is -0.407 e. The Morgan fingerprint density at radius 1 is 1.00 bits per heavy atom. The van der Waals surface area contributed by atoms with Crippen LogP contribution in [0, 0.1) is 5.92 Å². The molecule has 0 aliphatic carbocycles. The molecule has 2 aromatic carbocycles. The highest BCUT2D eigenvalue weighted by atomic mass is 32.2. The lowest BCUT2D eigenvalue weighted by Gasteiger charge is -2.43. The molecule has 0 heterocycles. The highest BCUT2D eigenvalue weighted by Crippen LogP contribution is 2.37. The fourth-order valence-corrected chi connectivity index (χ4v) is 9.28. The lowest BCUT2D eigenvalue weighted by Crippen LogP contribution is -2.66. The summed E-state index contributed by atoms with van der Waals surface area (Å²) in [4.78, 5) is 0. The Bertz CT molecular complexity index is 866. The van der Waals surface area contributed by atoms with Gasteiger partial charge < -0.3 is 4.43 Å². The van der Waals surface area contributed by atoms with E-state index in [-0.39, 0.29) is 11.0 Å². The molecule has 164 valence electrons. The van der Waals surface area contributed by atoms with E-state index in [9.17, 15) is 8.42 Å². The Hall–Kier alpha value is -1.73. The second kappa shape index (κ2) is 10.0. The molecular weight excluding hydrogens is 412 g/mol. The van der Waals surface area contributed by atoms with Gasteiger partial charge in [0.15, 0.2) is 0 Å². The minimum absolute atomic E-state index is 0.0246. The summed E-state index contributed by atoms with van der Waals surface area (Å²) in [6.07, 6.45) is 2.99. The van der Waals surface area contributed by atoms with Gasteiger partial charge in [0.1, 0.15) is 0 Å². The van der Waals surface area contributed by atoms with Gasteiger partial charge in [0.05, 0.1) is 12.4 Å². The molecule has 6 heteroatoms. The standard InChI is InChI=1S/C24H34O4SSi/c1-7-21(18-20(2)28-29(6,25)26)19-27-30(24(3,4)5,22-14-10-8-11-15-22)23-16-12-9-13-17-23/h7-17,20-21H,1,18-19H2,2-6H3/t20-,21+/m0/s1. The van der Waals surface area contributed by atoms with Crippen LogP contribution in [0.25, 0.3) is 0 Å². The lowest BCUT2D eigenvalue weighted by atomic mass is 10.0. The SMILES string of the molecule is C=C[C@@H](CO[Si](c1ccccc1)(c1ccccc1)C(C)(C)C)C[C@H](C)OS(C)(=O)=O. The molecule has 2 aromatic rings.